The highest BCUT2D eigenvalue weighted by Gasteiger charge is 2.10. The molecular formula is C21H16N4O2. The number of carbonyl (C=O) groups is 1. The van der Waals surface area contributed by atoms with Gasteiger partial charge in [-0.25, -0.2) is 9.97 Å². The van der Waals surface area contributed by atoms with Gasteiger partial charge in [0.05, 0.1) is 5.52 Å². The first-order valence-electron chi connectivity index (χ1n) is 8.43. The number of pyridine rings is 1. The lowest BCUT2D eigenvalue weighted by Crippen LogP contribution is -2.14. The van der Waals surface area contributed by atoms with Crippen LogP contribution in [0, 0.1) is 0 Å². The van der Waals surface area contributed by atoms with Crippen molar-refractivity contribution in [3.05, 3.63) is 90.5 Å². The van der Waals surface area contributed by atoms with Gasteiger partial charge in [0.25, 0.3) is 5.91 Å². The molecule has 0 aliphatic heterocycles. The third kappa shape index (κ3) is 4.07. The molecule has 6 nitrogen and oxygen atoms in total. The zero-order chi connectivity index (χ0) is 18.5. The number of amides is 1. The Labute approximate surface area is 155 Å². The Morgan fingerprint density at radius 1 is 0.926 bits per heavy atom. The van der Waals surface area contributed by atoms with Crippen molar-refractivity contribution < 1.29 is 9.53 Å². The Morgan fingerprint density at radius 3 is 2.70 bits per heavy atom. The lowest BCUT2D eigenvalue weighted by Gasteiger charge is -2.08. The molecule has 2 aromatic carbocycles. The minimum Gasteiger partial charge on any atom is -0.473 e. The Bertz CT molecular complexity index is 1080. The smallest absolute Gasteiger partial charge is 0.274 e. The number of nitrogens with zero attached hydrogens (tertiary/aromatic N) is 3. The molecule has 4 rings (SSSR count). The van der Waals surface area contributed by atoms with Gasteiger partial charge in [-0.15, -0.1) is 0 Å². The van der Waals surface area contributed by atoms with Crippen molar-refractivity contribution >= 4 is 22.5 Å². The number of aromatic nitrogens is 3. The summed E-state index contributed by atoms with van der Waals surface area (Å²) in [7, 11) is 0. The SMILES string of the molecule is O=C(Nc1ccc2ncccc2c1)c1cc(OCc2ccccc2)ncn1. The number of hydrogen-bond acceptors (Lipinski definition) is 5. The Kier molecular flexibility index (Phi) is 4.70. The third-order valence-corrected chi connectivity index (χ3v) is 3.97. The van der Waals surface area contributed by atoms with E-state index >= 15 is 0 Å². The van der Waals surface area contributed by atoms with Crippen molar-refractivity contribution in [1.29, 1.82) is 0 Å². The van der Waals surface area contributed by atoms with Gasteiger partial charge < -0.3 is 10.1 Å². The summed E-state index contributed by atoms with van der Waals surface area (Å²) in [4.78, 5) is 24.9. The first kappa shape index (κ1) is 16.7. The van der Waals surface area contributed by atoms with E-state index in [1.165, 1.54) is 12.4 Å². The van der Waals surface area contributed by atoms with Crippen LogP contribution in [0.15, 0.2) is 79.3 Å². The second kappa shape index (κ2) is 7.61. The van der Waals surface area contributed by atoms with E-state index in [1.54, 1.807) is 12.3 Å². The number of anilines is 1. The maximum absolute atomic E-state index is 12.5. The van der Waals surface area contributed by atoms with Crippen LogP contribution >= 0.6 is 0 Å². The van der Waals surface area contributed by atoms with Crippen molar-refractivity contribution in [3.8, 4) is 5.88 Å². The van der Waals surface area contributed by atoms with Crippen molar-refractivity contribution in [1.82, 2.24) is 15.0 Å². The average molecular weight is 356 g/mol. The van der Waals surface area contributed by atoms with Gasteiger partial charge in [-0.1, -0.05) is 36.4 Å². The molecule has 0 atom stereocenters. The summed E-state index contributed by atoms with van der Waals surface area (Å²) >= 11 is 0. The van der Waals surface area contributed by atoms with Crippen LogP contribution in [0.3, 0.4) is 0 Å². The maximum Gasteiger partial charge on any atom is 0.274 e. The molecule has 0 fully saturated rings. The van der Waals surface area contributed by atoms with E-state index in [1.807, 2.05) is 54.6 Å². The van der Waals surface area contributed by atoms with Crippen LogP contribution in [-0.2, 0) is 6.61 Å². The fourth-order valence-electron chi connectivity index (χ4n) is 2.62. The fourth-order valence-corrected chi connectivity index (χ4v) is 2.62. The second-order valence-corrected chi connectivity index (χ2v) is 5.88. The first-order valence-corrected chi connectivity index (χ1v) is 8.43. The lowest BCUT2D eigenvalue weighted by molar-refractivity contribution is 0.102. The predicted octanol–water partition coefficient (Wildman–Crippen LogP) is 3.86. The van der Waals surface area contributed by atoms with Crippen LogP contribution in [0.1, 0.15) is 16.1 Å². The van der Waals surface area contributed by atoms with E-state index in [9.17, 15) is 4.79 Å². The van der Waals surface area contributed by atoms with Crippen LogP contribution in [0.2, 0.25) is 0 Å². The lowest BCUT2D eigenvalue weighted by atomic mass is 10.2. The van der Waals surface area contributed by atoms with Gasteiger partial charge in [0.2, 0.25) is 5.88 Å². The zero-order valence-electron chi connectivity index (χ0n) is 14.4. The number of benzene rings is 2. The molecule has 4 aromatic rings. The highest BCUT2D eigenvalue weighted by Crippen LogP contribution is 2.18. The topological polar surface area (TPSA) is 77.0 Å². The van der Waals surface area contributed by atoms with E-state index in [0.29, 0.717) is 18.2 Å². The van der Waals surface area contributed by atoms with E-state index in [-0.39, 0.29) is 11.6 Å². The number of carbonyl (C=O) groups excluding carboxylic acids is 1. The van der Waals surface area contributed by atoms with E-state index < -0.39 is 0 Å². The molecule has 0 saturated heterocycles. The van der Waals surface area contributed by atoms with Gasteiger partial charge >= 0.3 is 0 Å². The summed E-state index contributed by atoms with van der Waals surface area (Å²) < 4.78 is 5.65. The van der Waals surface area contributed by atoms with Gasteiger partial charge in [0.1, 0.15) is 18.6 Å². The summed E-state index contributed by atoms with van der Waals surface area (Å²) in [6, 6.07) is 20.6. The largest absolute Gasteiger partial charge is 0.473 e. The number of fused-ring (bicyclic) bond motifs is 1. The predicted molar refractivity (Wildman–Crippen MR) is 103 cm³/mol. The second-order valence-electron chi connectivity index (χ2n) is 5.88. The molecule has 1 N–H and O–H groups in total. The van der Waals surface area contributed by atoms with Gasteiger partial charge in [-0.05, 0) is 29.8 Å². The quantitative estimate of drug-likeness (QED) is 0.588. The molecular weight excluding hydrogens is 340 g/mol. The molecule has 0 radical (unpaired) electrons. The molecule has 6 heteroatoms. The standard InChI is InChI=1S/C21H16N4O2/c26-21(25-17-8-9-18-16(11-17)7-4-10-22-18)19-12-20(24-14-23-19)27-13-15-5-2-1-3-6-15/h1-12,14H,13H2,(H,25,26). The molecule has 2 heterocycles. The Morgan fingerprint density at radius 2 is 1.81 bits per heavy atom. The zero-order valence-corrected chi connectivity index (χ0v) is 14.4. The molecule has 0 aliphatic carbocycles. The maximum atomic E-state index is 12.5. The van der Waals surface area contributed by atoms with Crippen LogP contribution < -0.4 is 10.1 Å². The number of hydrogen-bond donors (Lipinski definition) is 1. The minimum absolute atomic E-state index is 0.236. The normalized spacial score (nSPS) is 10.5. The minimum atomic E-state index is -0.329. The molecule has 2 aromatic heterocycles. The average Bonchev–Trinajstić information content (AvgIpc) is 2.73. The number of ether oxygens (including phenoxy) is 1. The summed E-state index contributed by atoms with van der Waals surface area (Å²) in [5.41, 5.74) is 2.80. The van der Waals surface area contributed by atoms with Crippen LogP contribution in [-0.4, -0.2) is 20.9 Å². The molecule has 27 heavy (non-hydrogen) atoms. The summed E-state index contributed by atoms with van der Waals surface area (Å²) in [5, 5.41) is 3.79. The van der Waals surface area contributed by atoms with Crippen molar-refractivity contribution in [2.75, 3.05) is 5.32 Å². The van der Waals surface area contributed by atoms with E-state index in [0.717, 1.165) is 16.5 Å². The van der Waals surface area contributed by atoms with Crippen LogP contribution in [0.25, 0.3) is 10.9 Å². The van der Waals surface area contributed by atoms with Gasteiger partial charge in [-0.3, -0.25) is 9.78 Å². The molecule has 1 amide bonds. The van der Waals surface area contributed by atoms with E-state index in [4.69, 9.17) is 4.74 Å². The highest BCUT2D eigenvalue weighted by molar-refractivity contribution is 6.03. The first-order chi connectivity index (χ1) is 13.3. The third-order valence-electron chi connectivity index (χ3n) is 3.97. The fraction of sp³-hybridized carbons (Fsp3) is 0.0476. The van der Waals surface area contributed by atoms with Crippen molar-refractivity contribution in [2.24, 2.45) is 0 Å². The van der Waals surface area contributed by atoms with E-state index in [2.05, 4.69) is 20.3 Å². The Hall–Kier alpha value is -3.80. The highest BCUT2D eigenvalue weighted by atomic mass is 16.5. The van der Waals surface area contributed by atoms with Crippen LogP contribution in [0.4, 0.5) is 5.69 Å². The molecule has 0 aliphatic rings. The monoisotopic (exact) mass is 356 g/mol. The van der Waals surface area contributed by atoms with Gasteiger partial charge in [0.15, 0.2) is 0 Å². The van der Waals surface area contributed by atoms with Gasteiger partial charge in [0, 0.05) is 23.3 Å². The summed E-state index contributed by atoms with van der Waals surface area (Å²) in [6.45, 7) is 0.372. The molecule has 0 spiro atoms. The number of rotatable bonds is 5. The van der Waals surface area contributed by atoms with Crippen molar-refractivity contribution in [2.45, 2.75) is 6.61 Å². The summed E-state index contributed by atoms with van der Waals surface area (Å²) in [5.74, 6) is 0.0203. The molecule has 0 saturated carbocycles. The number of nitrogens with one attached hydrogen (secondary N) is 1. The van der Waals surface area contributed by atoms with Gasteiger partial charge in [-0.2, -0.15) is 0 Å². The molecule has 0 bridgehead atoms. The van der Waals surface area contributed by atoms with Crippen LogP contribution in [0.5, 0.6) is 5.88 Å². The molecule has 0 unspecified atom stereocenters. The Balaban J connectivity index is 1.46. The van der Waals surface area contributed by atoms with Crippen molar-refractivity contribution in [3.63, 3.8) is 0 Å². The summed E-state index contributed by atoms with van der Waals surface area (Å²) in [6.07, 6.45) is 3.05. The molecule has 132 valence electrons.